The van der Waals surface area contributed by atoms with E-state index in [-0.39, 0.29) is 24.1 Å². The van der Waals surface area contributed by atoms with Crippen LogP contribution in [0.2, 0.25) is 0 Å². The zero-order valence-electron chi connectivity index (χ0n) is 14.3. The molecule has 0 aliphatic carbocycles. The minimum Gasteiger partial charge on any atom is -0.494 e. The van der Waals surface area contributed by atoms with E-state index in [0.717, 1.165) is 31.7 Å². The summed E-state index contributed by atoms with van der Waals surface area (Å²) in [4.78, 5) is 14.6. The lowest BCUT2D eigenvalue weighted by Crippen LogP contribution is -2.37. The average Bonchev–Trinajstić information content (AvgIpc) is 3.29. The molecule has 1 aromatic heterocycles. The van der Waals surface area contributed by atoms with Gasteiger partial charge in [-0.1, -0.05) is 6.07 Å². The molecule has 134 valence electrons. The normalized spacial score (nSPS) is 15.9. The molecule has 0 bridgehead atoms. The third kappa shape index (κ3) is 4.39. The number of furan rings is 1. The van der Waals surface area contributed by atoms with Gasteiger partial charge in [0, 0.05) is 6.54 Å². The molecule has 0 unspecified atom stereocenters. The number of methoxy groups -OCH3 is 1. The molecule has 25 heavy (non-hydrogen) atoms. The van der Waals surface area contributed by atoms with Crippen molar-refractivity contribution in [2.24, 2.45) is 0 Å². The van der Waals surface area contributed by atoms with Crippen molar-refractivity contribution < 1.29 is 18.3 Å². The second-order valence-electron chi connectivity index (χ2n) is 6.22. The van der Waals surface area contributed by atoms with E-state index in [0.29, 0.717) is 12.1 Å². The molecule has 0 radical (unpaired) electrons. The van der Waals surface area contributed by atoms with Crippen LogP contribution < -0.4 is 10.1 Å². The number of halogens is 1. The Morgan fingerprint density at radius 1 is 1.36 bits per heavy atom. The van der Waals surface area contributed by atoms with Crippen LogP contribution in [-0.2, 0) is 11.2 Å². The summed E-state index contributed by atoms with van der Waals surface area (Å²) in [5.74, 6) is 0.437. The van der Waals surface area contributed by atoms with Gasteiger partial charge in [-0.15, -0.1) is 0 Å². The lowest BCUT2D eigenvalue weighted by Gasteiger charge is -2.26. The SMILES string of the molecule is COc1ccc(CC(=O)NC[C@H](c2ccco2)N2CCCC2)cc1F. The van der Waals surface area contributed by atoms with E-state index in [4.69, 9.17) is 9.15 Å². The summed E-state index contributed by atoms with van der Waals surface area (Å²) < 4.78 is 24.2. The van der Waals surface area contributed by atoms with Crippen LogP contribution in [0.5, 0.6) is 5.75 Å². The van der Waals surface area contributed by atoms with Crippen LogP contribution in [0.3, 0.4) is 0 Å². The van der Waals surface area contributed by atoms with Crippen LogP contribution in [0.1, 0.15) is 30.2 Å². The van der Waals surface area contributed by atoms with Crippen molar-refractivity contribution in [3.05, 3.63) is 53.7 Å². The van der Waals surface area contributed by atoms with Gasteiger partial charge in [0.2, 0.25) is 5.91 Å². The fourth-order valence-electron chi connectivity index (χ4n) is 3.22. The Morgan fingerprint density at radius 2 is 2.16 bits per heavy atom. The number of carbonyl (C=O) groups excluding carboxylic acids is 1. The maximum atomic E-state index is 13.7. The minimum absolute atomic E-state index is 0.0362. The molecule has 1 amide bonds. The number of hydrogen-bond donors (Lipinski definition) is 1. The van der Waals surface area contributed by atoms with Crippen molar-refractivity contribution >= 4 is 5.91 Å². The van der Waals surface area contributed by atoms with Crippen LogP contribution in [-0.4, -0.2) is 37.6 Å². The van der Waals surface area contributed by atoms with E-state index in [1.807, 2.05) is 12.1 Å². The van der Waals surface area contributed by atoms with E-state index in [1.54, 1.807) is 12.3 Å². The van der Waals surface area contributed by atoms with Gasteiger partial charge in [0.05, 0.1) is 25.8 Å². The third-order valence-electron chi connectivity index (χ3n) is 4.53. The maximum Gasteiger partial charge on any atom is 0.224 e. The van der Waals surface area contributed by atoms with Crippen molar-refractivity contribution in [2.45, 2.75) is 25.3 Å². The molecule has 2 aromatic rings. The number of carbonyl (C=O) groups is 1. The highest BCUT2D eigenvalue weighted by Crippen LogP contribution is 2.25. The first-order valence-corrected chi connectivity index (χ1v) is 8.54. The van der Waals surface area contributed by atoms with Crippen LogP contribution >= 0.6 is 0 Å². The van der Waals surface area contributed by atoms with Gasteiger partial charge in [-0.2, -0.15) is 0 Å². The predicted molar refractivity (Wildman–Crippen MR) is 91.9 cm³/mol. The molecule has 1 aliphatic heterocycles. The second kappa shape index (κ2) is 8.16. The Hall–Kier alpha value is -2.34. The van der Waals surface area contributed by atoms with Crippen LogP contribution in [0, 0.1) is 5.82 Å². The van der Waals surface area contributed by atoms with E-state index in [1.165, 1.54) is 19.2 Å². The number of hydrogen-bond acceptors (Lipinski definition) is 4. The molecule has 5 nitrogen and oxygen atoms in total. The molecule has 0 saturated carbocycles. The molecule has 1 saturated heterocycles. The number of benzene rings is 1. The Morgan fingerprint density at radius 3 is 2.80 bits per heavy atom. The lowest BCUT2D eigenvalue weighted by atomic mass is 10.1. The third-order valence-corrected chi connectivity index (χ3v) is 4.53. The molecule has 1 N–H and O–H groups in total. The fourth-order valence-corrected chi connectivity index (χ4v) is 3.22. The van der Waals surface area contributed by atoms with Gasteiger partial charge >= 0.3 is 0 Å². The molecular formula is C19H23FN2O3. The summed E-state index contributed by atoms with van der Waals surface area (Å²) >= 11 is 0. The van der Waals surface area contributed by atoms with Gasteiger partial charge in [-0.05, 0) is 55.8 Å². The maximum absolute atomic E-state index is 13.7. The predicted octanol–water partition coefficient (Wildman–Crippen LogP) is 2.92. The molecule has 2 heterocycles. The van der Waals surface area contributed by atoms with Gasteiger partial charge in [0.15, 0.2) is 11.6 Å². The van der Waals surface area contributed by atoms with Gasteiger partial charge in [-0.3, -0.25) is 9.69 Å². The summed E-state index contributed by atoms with van der Waals surface area (Å²) in [5, 5.41) is 2.95. The van der Waals surface area contributed by atoms with Crippen molar-refractivity contribution in [1.29, 1.82) is 0 Å². The van der Waals surface area contributed by atoms with Crippen molar-refractivity contribution in [2.75, 3.05) is 26.7 Å². The largest absolute Gasteiger partial charge is 0.494 e. The van der Waals surface area contributed by atoms with E-state index in [9.17, 15) is 9.18 Å². The van der Waals surface area contributed by atoms with E-state index < -0.39 is 5.82 Å². The lowest BCUT2D eigenvalue weighted by molar-refractivity contribution is -0.120. The van der Waals surface area contributed by atoms with Gasteiger partial charge in [0.1, 0.15) is 5.76 Å². The number of amides is 1. The van der Waals surface area contributed by atoms with Crippen LogP contribution in [0.15, 0.2) is 41.0 Å². The number of rotatable bonds is 7. The van der Waals surface area contributed by atoms with Gasteiger partial charge in [-0.25, -0.2) is 4.39 Å². The van der Waals surface area contributed by atoms with Crippen molar-refractivity contribution in [3.8, 4) is 5.75 Å². The number of likely N-dealkylation sites (tertiary alicyclic amines) is 1. The first-order chi connectivity index (χ1) is 12.2. The summed E-state index contributed by atoms with van der Waals surface area (Å²) in [5.41, 5.74) is 0.617. The average molecular weight is 346 g/mol. The first kappa shape index (κ1) is 17.5. The molecule has 1 aliphatic rings. The van der Waals surface area contributed by atoms with Crippen molar-refractivity contribution in [3.63, 3.8) is 0 Å². The molecular weight excluding hydrogens is 323 g/mol. The van der Waals surface area contributed by atoms with Crippen LogP contribution in [0.25, 0.3) is 0 Å². The molecule has 1 aromatic carbocycles. The Bertz CT molecular complexity index is 697. The zero-order valence-corrected chi connectivity index (χ0v) is 14.3. The summed E-state index contributed by atoms with van der Waals surface area (Å²) in [6.45, 7) is 2.49. The zero-order chi connectivity index (χ0) is 17.6. The monoisotopic (exact) mass is 346 g/mol. The Labute approximate surface area is 146 Å². The van der Waals surface area contributed by atoms with E-state index >= 15 is 0 Å². The molecule has 1 fully saturated rings. The Kier molecular flexibility index (Phi) is 5.71. The molecule has 6 heteroatoms. The summed E-state index contributed by atoms with van der Waals surface area (Å²) in [6.07, 6.45) is 4.11. The topological polar surface area (TPSA) is 54.7 Å². The summed E-state index contributed by atoms with van der Waals surface area (Å²) in [6, 6.07) is 8.41. The van der Waals surface area contributed by atoms with Gasteiger partial charge in [0.25, 0.3) is 0 Å². The second-order valence-corrected chi connectivity index (χ2v) is 6.22. The van der Waals surface area contributed by atoms with Gasteiger partial charge < -0.3 is 14.5 Å². The molecule has 1 atom stereocenters. The van der Waals surface area contributed by atoms with E-state index in [2.05, 4.69) is 10.2 Å². The molecule has 0 spiro atoms. The highest BCUT2D eigenvalue weighted by Gasteiger charge is 2.25. The quantitative estimate of drug-likeness (QED) is 0.837. The highest BCUT2D eigenvalue weighted by molar-refractivity contribution is 5.78. The standard InChI is InChI=1S/C19H23FN2O3/c1-24-17-7-6-14(11-15(17)20)12-19(23)21-13-16(18-5-4-10-25-18)22-8-2-3-9-22/h4-7,10-11,16H,2-3,8-9,12-13H2,1H3,(H,21,23)/t16-/m1/s1. The number of nitrogens with one attached hydrogen (secondary N) is 1. The molecule has 3 rings (SSSR count). The Balaban J connectivity index is 1.59. The number of nitrogens with zero attached hydrogens (tertiary/aromatic N) is 1. The van der Waals surface area contributed by atoms with Crippen LogP contribution in [0.4, 0.5) is 4.39 Å². The number of ether oxygens (including phenoxy) is 1. The fraction of sp³-hybridized carbons (Fsp3) is 0.421. The first-order valence-electron chi connectivity index (χ1n) is 8.54. The smallest absolute Gasteiger partial charge is 0.224 e. The summed E-state index contributed by atoms with van der Waals surface area (Å²) in [7, 11) is 1.41. The van der Waals surface area contributed by atoms with Crippen molar-refractivity contribution in [1.82, 2.24) is 10.2 Å². The highest BCUT2D eigenvalue weighted by atomic mass is 19.1. The minimum atomic E-state index is -0.460.